The SMILES string of the molecule is Cc1cc(N2CCC(O)(CNC(=O)c3cccc(OCCN4CCCC4)c3)C2)ncn1. The van der Waals surface area contributed by atoms with Crippen LogP contribution in [0.2, 0.25) is 0 Å². The molecule has 1 amide bonds. The number of carbonyl (C=O) groups is 1. The molecule has 1 unspecified atom stereocenters. The smallest absolute Gasteiger partial charge is 0.251 e. The number of hydrogen-bond acceptors (Lipinski definition) is 7. The number of aliphatic hydroxyl groups is 1. The predicted molar refractivity (Wildman–Crippen MR) is 118 cm³/mol. The summed E-state index contributed by atoms with van der Waals surface area (Å²) in [5.41, 5.74) is 0.429. The Labute approximate surface area is 183 Å². The Morgan fingerprint density at radius 1 is 1.23 bits per heavy atom. The van der Waals surface area contributed by atoms with Gasteiger partial charge in [-0.15, -0.1) is 0 Å². The second kappa shape index (κ2) is 9.62. The average Bonchev–Trinajstić information content (AvgIpc) is 3.43. The second-order valence-corrected chi connectivity index (χ2v) is 8.52. The van der Waals surface area contributed by atoms with Crippen LogP contribution in [0.4, 0.5) is 5.82 Å². The van der Waals surface area contributed by atoms with Crippen molar-refractivity contribution in [2.24, 2.45) is 0 Å². The minimum Gasteiger partial charge on any atom is -0.492 e. The van der Waals surface area contributed by atoms with Gasteiger partial charge in [0.25, 0.3) is 5.91 Å². The lowest BCUT2D eigenvalue weighted by Crippen LogP contribution is -2.45. The first-order chi connectivity index (χ1) is 15.0. The standard InChI is InChI=1S/C23H31N5O3/c1-18-13-21(26-17-25-18)28-10-7-23(30,16-28)15-24-22(29)19-5-4-6-20(14-19)31-12-11-27-8-2-3-9-27/h4-6,13-14,17,30H,2-3,7-12,15-16H2,1H3,(H,24,29). The quantitative estimate of drug-likeness (QED) is 0.664. The Morgan fingerprint density at radius 3 is 2.87 bits per heavy atom. The summed E-state index contributed by atoms with van der Waals surface area (Å²) in [5, 5.41) is 13.8. The van der Waals surface area contributed by atoms with Gasteiger partial charge in [0.1, 0.15) is 30.1 Å². The van der Waals surface area contributed by atoms with Crippen LogP contribution < -0.4 is 15.0 Å². The van der Waals surface area contributed by atoms with Gasteiger partial charge in [0.15, 0.2) is 0 Å². The van der Waals surface area contributed by atoms with Gasteiger partial charge in [-0.3, -0.25) is 9.69 Å². The summed E-state index contributed by atoms with van der Waals surface area (Å²) in [4.78, 5) is 25.5. The Balaban J connectivity index is 1.27. The first kappa shape index (κ1) is 21.5. The van der Waals surface area contributed by atoms with E-state index >= 15 is 0 Å². The molecule has 0 radical (unpaired) electrons. The molecule has 0 saturated carbocycles. The molecule has 3 heterocycles. The third-order valence-corrected chi connectivity index (χ3v) is 5.99. The number of ether oxygens (including phenoxy) is 1. The Kier molecular flexibility index (Phi) is 6.67. The van der Waals surface area contributed by atoms with Gasteiger partial charge in [0.2, 0.25) is 0 Å². The summed E-state index contributed by atoms with van der Waals surface area (Å²) >= 11 is 0. The monoisotopic (exact) mass is 425 g/mol. The summed E-state index contributed by atoms with van der Waals surface area (Å²) in [6.45, 7) is 7.01. The number of amides is 1. The number of nitrogens with zero attached hydrogens (tertiary/aromatic N) is 4. The second-order valence-electron chi connectivity index (χ2n) is 8.52. The number of likely N-dealkylation sites (tertiary alicyclic amines) is 1. The molecule has 2 aromatic rings. The molecular formula is C23H31N5O3. The highest BCUT2D eigenvalue weighted by Gasteiger charge is 2.37. The summed E-state index contributed by atoms with van der Waals surface area (Å²) in [5.74, 6) is 1.28. The van der Waals surface area contributed by atoms with Gasteiger partial charge in [0.05, 0.1) is 0 Å². The normalized spacial score (nSPS) is 21.4. The molecule has 2 aliphatic heterocycles. The molecule has 8 nitrogen and oxygen atoms in total. The van der Waals surface area contributed by atoms with Gasteiger partial charge >= 0.3 is 0 Å². The van der Waals surface area contributed by atoms with E-state index in [1.807, 2.05) is 30.0 Å². The van der Waals surface area contributed by atoms with E-state index in [1.54, 1.807) is 12.1 Å². The van der Waals surface area contributed by atoms with E-state index in [1.165, 1.54) is 19.2 Å². The molecule has 0 aliphatic carbocycles. The topological polar surface area (TPSA) is 90.8 Å². The lowest BCUT2D eigenvalue weighted by Gasteiger charge is -2.24. The molecule has 8 heteroatoms. The molecule has 4 rings (SSSR count). The summed E-state index contributed by atoms with van der Waals surface area (Å²) < 4.78 is 5.84. The highest BCUT2D eigenvalue weighted by atomic mass is 16.5. The first-order valence-electron chi connectivity index (χ1n) is 11.0. The van der Waals surface area contributed by atoms with Gasteiger partial charge in [-0.25, -0.2) is 9.97 Å². The van der Waals surface area contributed by atoms with Crippen LogP contribution in [0.5, 0.6) is 5.75 Å². The molecule has 0 bridgehead atoms. The van der Waals surface area contributed by atoms with E-state index in [9.17, 15) is 9.90 Å². The van der Waals surface area contributed by atoms with Crippen LogP contribution in [0, 0.1) is 6.92 Å². The van der Waals surface area contributed by atoms with E-state index in [0.717, 1.165) is 31.1 Å². The number of nitrogens with one attached hydrogen (secondary N) is 1. The molecule has 1 aromatic heterocycles. The molecular weight excluding hydrogens is 394 g/mol. The van der Waals surface area contributed by atoms with Gasteiger partial charge < -0.3 is 20.1 Å². The Hall–Kier alpha value is -2.71. The lowest BCUT2D eigenvalue weighted by molar-refractivity contribution is 0.0575. The molecule has 2 N–H and O–H groups in total. The molecule has 2 saturated heterocycles. The number of aryl methyl sites for hydroxylation is 1. The molecule has 31 heavy (non-hydrogen) atoms. The van der Waals surface area contributed by atoms with Crippen molar-refractivity contribution in [2.75, 3.05) is 50.8 Å². The number of anilines is 1. The van der Waals surface area contributed by atoms with Crippen LogP contribution in [0.25, 0.3) is 0 Å². The van der Waals surface area contributed by atoms with Crippen LogP contribution in [0.1, 0.15) is 35.3 Å². The zero-order chi connectivity index (χ0) is 21.7. The molecule has 1 atom stereocenters. The fourth-order valence-electron chi connectivity index (χ4n) is 4.18. The predicted octanol–water partition coefficient (Wildman–Crippen LogP) is 1.63. The zero-order valence-corrected chi connectivity index (χ0v) is 18.1. The minimum absolute atomic E-state index is 0.187. The number of rotatable bonds is 8. The van der Waals surface area contributed by atoms with E-state index in [2.05, 4.69) is 20.2 Å². The van der Waals surface area contributed by atoms with Crippen LogP contribution in [-0.4, -0.2) is 77.4 Å². The number of benzene rings is 1. The lowest BCUT2D eigenvalue weighted by atomic mass is 10.0. The molecule has 166 valence electrons. The molecule has 0 spiro atoms. The van der Waals surface area contributed by atoms with Gasteiger partial charge in [-0.2, -0.15) is 0 Å². The highest BCUT2D eigenvalue weighted by Crippen LogP contribution is 2.25. The first-order valence-corrected chi connectivity index (χ1v) is 11.0. The van der Waals surface area contributed by atoms with Gasteiger partial charge in [-0.1, -0.05) is 6.07 Å². The third kappa shape index (κ3) is 5.71. The maximum atomic E-state index is 12.7. The molecule has 1 aromatic carbocycles. The number of hydrogen-bond donors (Lipinski definition) is 2. The fourth-order valence-corrected chi connectivity index (χ4v) is 4.18. The molecule has 2 fully saturated rings. The van der Waals surface area contributed by atoms with E-state index in [0.29, 0.717) is 37.4 Å². The van der Waals surface area contributed by atoms with Crippen molar-refractivity contribution >= 4 is 11.7 Å². The van der Waals surface area contributed by atoms with Gasteiger partial charge in [-0.05, 0) is 57.5 Å². The minimum atomic E-state index is -0.988. The summed E-state index contributed by atoms with van der Waals surface area (Å²) in [7, 11) is 0. The maximum absolute atomic E-state index is 12.7. The van der Waals surface area contributed by atoms with E-state index in [-0.39, 0.29) is 12.5 Å². The number of β-amino-alcohol motifs (C(OH)–C–C–N with tert-alkyl or cyclic N) is 1. The van der Waals surface area contributed by atoms with Gasteiger partial charge in [0, 0.05) is 43.5 Å². The zero-order valence-electron chi connectivity index (χ0n) is 18.1. The summed E-state index contributed by atoms with van der Waals surface area (Å²) in [6.07, 6.45) is 4.62. The van der Waals surface area contributed by atoms with Crippen molar-refractivity contribution in [1.82, 2.24) is 20.2 Å². The van der Waals surface area contributed by atoms with E-state index in [4.69, 9.17) is 4.74 Å². The average molecular weight is 426 g/mol. The largest absolute Gasteiger partial charge is 0.492 e. The van der Waals surface area contributed by atoms with Crippen molar-refractivity contribution in [2.45, 2.75) is 31.8 Å². The summed E-state index contributed by atoms with van der Waals surface area (Å²) in [6, 6.07) is 9.11. The van der Waals surface area contributed by atoms with Crippen LogP contribution in [0.3, 0.4) is 0 Å². The van der Waals surface area contributed by atoms with Crippen molar-refractivity contribution < 1.29 is 14.6 Å². The Morgan fingerprint density at radius 2 is 2.06 bits per heavy atom. The fraction of sp³-hybridized carbons (Fsp3) is 0.522. The highest BCUT2D eigenvalue weighted by molar-refractivity contribution is 5.94. The number of aromatic nitrogens is 2. The maximum Gasteiger partial charge on any atom is 0.251 e. The van der Waals surface area contributed by atoms with Crippen molar-refractivity contribution in [3.05, 3.63) is 47.9 Å². The van der Waals surface area contributed by atoms with Crippen LogP contribution >= 0.6 is 0 Å². The van der Waals surface area contributed by atoms with E-state index < -0.39 is 5.60 Å². The van der Waals surface area contributed by atoms with Crippen molar-refractivity contribution in [1.29, 1.82) is 0 Å². The van der Waals surface area contributed by atoms with Crippen LogP contribution in [-0.2, 0) is 0 Å². The van der Waals surface area contributed by atoms with Crippen molar-refractivity contribution in [3.63, 3.8) is 0 Å². The van der Waals surface area contributed by atoms with Crippen molar-refractivity contribution in [3.8, 4) is 5.75 Å². The van der Waals surface area contributed by atoms with Crippen LogP contribution in [0.15, 0.2) is 36.7 Å². The third-order valence-electron chi connectivity index (χ3n) is 5.99. The Bertz CT molecular complexity index is 902. The number of carbonyl (C=O) groups excluding carboxylic acids is 1. The molecule has 2 aliphatic rings.